The minimum Gasteiger partial charge on any atom is -0.435 e. The molecule has 0 bridgehead atoms. The topological polar surface area (TPSA) is 70.8 Å². The molecule has 1 aromatic carbocycles. The molecule has 1 aliphatic heterocycles. The molecule has 0 saturated carbocycles. The highest BCUT2D eigenvalue weighted by Gasteiger charge is 2.56. The minimum absolute atomic E-state index is 0.0403. The number of ether oxygens (including phenoxy) is 1. The molecule has 0 spiro atoms. The van der Waals surface area contributed by atoms with Crippen LogP contribution in [0.3, 0.4) is 0 Å². The second-order valence-corrected chi connectivity index (χ2v) is 7.72. The number of nitrogens with zero attached hydrogens (tertiary/aromatic N) is 4. The maximum Gasteiger partial charge on any atom is 0.413 e. The number of alkyl halides is 5. The first kappa shape index (κ1) is 23.5. The van der Waals surface area contributed by atoms with Gasteiger partial charge < -0.3 is 9.84 Å². The average molecular weight is 460 g/mol. The average Bonchev–Trinajstić information content (AvgIpc) is 3.06. The van der Waals surface area contributed by atoms with E-state index >= 15 is 0 Å². The van der Waals surface area contributed by atoms with Crippen molar-refractivity contribution in [1.29, 1.82) is 0 Å². The molecular formula is C20H21F5N4O3. The van der Waals surface area contributed by atoms with E-state index in [2.05, 4.69) is 9.84 Å². The molecule has 12 heteroatoms. The highest BCUT2D eigenvalue weighted by atomic mass is 19.4. The number of hydrazine groups is 1. The lowest BCUT2D eigenvalue weighted by molar-refractivity contribution is -0.219. The number of halogens is 5. The number of aliphatic hydroxyl groups is 1. The van der Waals surface area contributed by atoms with Gasteiger partial charge in [-0.3, -0.25) is 14.5 Å². The van der Waals surface area contributed by atoms with Gasteiger partial charge in [0.25, 0.3) is 0 Å². The fraction of sp³-hybridized carbons (Fsp3) is 0.400. The van der Waals surface area contributed by atoms with E-state index in [4.69, 9.17) is 0 Å². The summed E-state index contributed by atoms with van der Waals surface area (Å²) in [6.07, 6.45) is -1.29. The van der Waals surface area contributed by atoms with Crippen LogP contribution in [-0.2, 0) is 11.8 Å². The zero-order chi connectivity index (χ0) is 23.8. The highest BCUT2D eigenvalue weighted by molar-refractivity contribution is 5.97. The lowest BCUT2D eigenvalue weighted by Crippen LogP contribution is -2.64. The third kappa shape index (κ3) is 4.85. The SMILES string of the molecule is Cn1cc(N2C(=O)CC=C(c3ccc(OC(F)F)cc3)N2C(C(C)(C)O)C(F)(F)F)cn1. The molecule has 3 rings (SSSR count). The van der Waals surface area contributed by atoms with E-state index in [1.807, 2.05) is 0 Å². The minimum atomic E-state index is -4.95. The second-order valence-electron chi connectivity index (χ2n) is 7.72. The Hall–Kier alpha value is -3.15. The van der Waals surface area contributed by atoms with Gasteiger partial charge >= 0.3 is 12.8 Å². The van der Waals surface area contributed by atoms with Gasteiger partial charge in [-0.05, 0) is 49.8 Å². The highest BCUT2D eigenvalue weighted by Crippen LogP contribution is 2.41. The van der Waals surface area contributed by atoms with Crippen molar-refractivity contribution in [3.63, 3.8) is 0 Å². The molecule has 1 unspecified atom stereocenters. The van der Waals surface area contributed by atoms with Crippen LogP contribution in [0.2, 0.25) is 0 Å². The summed E-state index contributed by atoms with van der Waals surface area (Å²) in [4.78, 5) is 12.8. The van der Waals surface area contributed by atoms with Gasteiger partial charge in [0.15, 0.2) is 6.04 Å². The van der Waals surface area contributed by atoms with Crippen molar-refractivity contribution >= 4 is 17.3 Å². The molecule has 2 aromatic rings. The summed E-state index contributed by atoms with van der Waals surface area (Å²) in [5.74, 6) is -0.848. The van der Waals surface area contributed by atoms with E-state index in [1.54, 1.807) is 0 Å². The Kier molecular flexibility index (Phi) is 6.18. The van der Waals surface area contributed by atoms with Crippen LogP contribution in [0.4, 0.5) is 27.6 Å². The van der Waals surface area contributed by atoms with Crippen LogP contribution in [0.5, 0.6) is 5.75 Å². The number of aromatic nitrogens is 2. The molecule has 0 fully saturated rings. The van der Waals surface area contributed by atoms with E-state index in [-0.39, 0.29) is 29.1 Å². The molecular weight excluding hydrogens is 439 g/mol. The number of hydrogen-bond donors (Lipinski definition) is 1. The van der Waals surface area contributed by atoms with Crippen LogP contribution in [-0.4, -0.2) is 50.2 Å². The molecule has 2 heterocycles. The maximum absolute atomic E-state index is 14.2. The Morgan fingerprint density at radius 1 is 1.16 bits per heavy atom. The van der Waals surface area contributed by atoms with Crippen LogP contribution in [0.15, 0.2) is 42.7 Å². The van der Waals surface area contributed by atoms with Crippen molar-refractivity contribution in [1.82, 2.24) is 14.8 Å². The van der Waals surface area contributed by atoms with Crippen LogP contribution >= 0.6 is 0 Å². The largest absolute Gasteiger partial charge is 0.435 e. The first-order chi connectivity index (χ1) is 14.8. The standard InChI is InChI=1S/C20H21F5N4O3/c1-19(2,31)17(20(23,24)25)29-15(12-4-6-14(7-5-12)32-18(21)22)8-9-16(30)28(29)13-10-26-27(3)11-13/h4-8,10-11,17-18,31H,9H2,1-3H3. The molecule has 7 nitrogen and oxygen atoms in total. The third-order valence-corrected chi connectivity index (χ3v) is 4.70. The molecule has 1 atom stereocenters. The fourth-order valence-corrected chi connectivity index (χ4v) is 3.53. The van der Waals surface area contributed by atoms with Gasteiger partial charge in [0, 0.05) is 13.5 Å². The van der Waals surface area contributed by atoms with Crippen LogP contribution in [0, 0.1) is 0 Å². The van der Waals surface area contributed by atoms with Crippen molar-refractivity contribution in [3.8, 4) is 5.75 Å². The van der Waals surface area contributed by atoms with E-state index in [0.717, 1.165) is 18.9 Å². The van der Waals surface area contributed by atoms with E-state index in [9.17, 15) is 31.9 Å². The molecule has 1 aliphatic rings. The summed E-state index contributed by atoms with van der Waals surface area (Å²) in [6.45, 7) is -1.08. The number of benzene rings is 1. The van der Waals surface area contributed by atoms with Gasteiger partial charge in [-0.15, -0.1) is 0 Å². The third-order valence-electron chi connectivity index (χ3n) is 4.70. The van der Waals surface area contributed by atoms with Crippen molar-refractivity contribution < 1.29 is 36.6 Å². The Labute approximate surface area is 180 Å². The zero-order valence-corrected chi connectivity index (χ0v) is 17.3. The van der Waals surface area contributed by atoms with Gasteiger partial charge in [0.2, 0.25) is 5.91 Å². The number of hydrogen-bond acceptors (Lipinski definition) is 5. The summed E-state index contributed by atoms with van der Waals surface area (Å²) >= 11 is 0. The number of carbonyl (C=O) groups excluding carboxylic acids is 1. The van der Waals surface area contributed by atoms with Gasteiger partial charge in [0.05, 0.1) is 23.7 Å². The summed E-state index contributed by atoms with van der Waals surface area (Å²) in [5.41, 5.74) is -2.10. The van der Waals surface area contributed by atoms with Crippen molar-refractivity contribution in [2.45, 2.75) is 44.7 Å². The maximum atomic E-state index is 14.2. The van der Waals surface area contributed by atoms with Crippen LogP contribution in [0.1, 0.15) is 25.8 Å². The first-order valence-corrected chi connectivity index (χ1v) is 9.44. The molecule has 174 valence electrons. The van der Waals surface area contributed by atoms with Gasteiger partial charge in [0.1, 0.15) is 11.4 Å². The van der Waals surface area contributed by atoms with Crippen molar-refractivity contribution in [3.05, 3.63) is 48.3 Å². The van der Waals surface area contributed by atoms with Crippen LogP contribution in [0.25, 0.3) is 5.70 Å². The molecule has 1 N–H and O–H groups in total. The smallest absolute Gasteiger partial charge is 0.413 e. The Morgan fingerprint density at radius 3 is 2.25 bits per heavy atom. The number of rotatable bonds is 6. The molecule has 0 radical (unpaired) electrons. The van der Waals surface area contributed by atoms with E-state index in [1.165, 1.54) is 54.5 Å². The summed E-state index contributed by atoms with van der Waals surface area (Å²) in [6, 6.07) is 2.43. The number of anilines is 1. The quantitative estimate of drug-likeness (QED) is 0.666. The zero-order valence-electron chi connectivity index (χ0n) is 17.3. The summed E-state index contributed by atoms with van der Waals surface area (Å²) in [5, 5.41) is 15.9. The summed E-state index contributed by atoms with van der Waals surface area (Å²) < 4.78 is 73.2. The second kappa shape index (κ2) is 8.41. The molecule has 1 aromatic heterocycles. The lowest BCUT2D eigenvalue weighted by Gasteiger charge is -2.48. The number of amides is 1. The monoisotopic (exact) mass is 460 g/mol. The Balaban J connectivity index is 2.17. The number of aryl methyl sites for hydroxylation is 1. The molecule has 1 amide bonds. The molecule has 0 saturated heterocycles. The Morgan fingerprint density at radius 2 is 1.78 bits per heavy atom. The van der Waals surface area contributed by atoms with Crippen molar-refractivity contribution in [2.75, 3.05) is 5.01 Å². The predicted octanol–water partition coefficient (Wildman–Crippen LogP) is 3.72. The normalized spacial score (nSPS) is 16.4. The predicted molar refractivity (Wildman–Crippen MR) is 104 cm³/mol. The van der Waals surface area contributed by atoms with E-state index < -0.39 is 30.3 Å². The first-order valence-electron chi connectivity index (χ1n) is 9.44. The molecule has 32 heavy (non-hydrogen) atoms. The van der Waals surface area contributed by atoms with Crippen molar-refractivity contribution in [2.24, 2.45) is 7.05 Å². The van der Waals surface area contributed by atoms with E-state index in [0.29, 0.717) is 5.01 Å². The van der Waals surface area contributed by atoms with Gasteiger partial charge in [-0.1, -0.05) is 0 Å². The fourth-order valence-electron chi connectivity index (χ4n) is 3.53. The molecule has 0 aliphatic carbocycles. The number of carbonyl (C=O) groups is 1. The summed E-state index contributed by atoms with van der Waals surface area (Å²) in [7, 11) is 1.54. The lowest BCUT2D eigenvalue weighted by atomic mass is 9.95. The van der Waals surface area contributed by atoms with Crippen LogP contribution < -0.4 is 9.75 Å². The van der Waals surface area contributed by atoms with Gasteiger partial charge in [-0.25, -0.2) is 5.01 Å². The van der Waals surface area contributed by atoms with Gasteiger partial charge in [-0.2, -0.15) is 27.1 Å². The Bertz CT molecular complexity index is 982.